The van der Waals surface area contributed by atoms with Crippen molar-refractivity contribution in [2.75, 3.05) is 27.4 Å². The first kappa shape index (κ1) is 18.2. The summed E-state index contributed by atoms with van der Waals surface area (Å²) in [6.07, 6.45) is 2.68. The van der Waals surface area contributed by atoms with Gasteiger partial charge in [0.05, 0.1) is 20.3 Å². The van der Waals surface area contributed by atoms with Crippen molar-refractivity contribution in [1.82, 2.24) is 4.90 Å². The van der Waals surface area contributed by atoms with Crippen LogP contribution in [0.5, 0.6) is 11.5 Å². The van der Waals surface area contributed by atoms with Gasteiger partial charge in [0.15, 0.2) is 11.5 Å². The molecule has 0 spiro atoms. The molecule has 0 saturated carbocycles. The van der Waals surface area contributed by atoms with Crippen molar-refractivity contribution >= 4 is 11.3 Å². The molecule has 4 nitrogen and oxygen atoms in total. The van der Waals surface area contributed by atoms with Crippen molar-refractivity contribution < 1.29 is 14.2 Å². The number of hydrogen-bond donors (Lipinski definition) is 0. The fraction of sp³-hybridized carbons (Fsp3) is 0.500. The van der Waals surface area contributed by atoms with Crippen molar-refractivity contribution in [2.45, 2.75) is 39.0 Å². The van der Waals surface area contributed by atoms with E-state index in [9.17, 15) is 0 Å². The van der Waals surface area contributed by atoms with Crippen LogP contribution < -0.4 is 9.47 Å². The Balaban J connectivity index is 1.75. The number of rotatable bonds is 8. The number of ether oxygens (including phenoxy) is 3. The minimum absolute atomic E-state index is 0.348. The van der Waals surface area contributed by atoms with Crippen LogP contribution >= 0.6 is 11.3 Å². The predicted molar refractivity (Wildman–Crippen MR) is 102 cm³/mol. The summed E-state index contributed by atoms with van der Waals surface area (Å²) in [7, 11) is 3.35. The molecule has 0 radical (unpaired) electrons. The summed E-state index contributed by atoms with van der Waals surface area (Å²) in [4.78, 5) is 3.91. The summed E-state index contributed by atoms with van der Waals surface area (Å²) in [6.45, 7) is 5.88. The quantitative estimate of drug-likeness (QED) is 0.703. The Morgan fingerprint density at radius 3 is 2.64 bits per heavy atom. The van der Waals surface area contributed by atoms with Crippen molar-refractivity contribution in [3.05, 3.63) is 45.6 Å². The van der Waals surface area contributed by atoms with E-state index in [0.29, 0.717) is 6.10 Å². The number of nitrogens with zero attached hydrogens (tertiary/aromatic N) is 1. The van der Waals surface area contributed by atoms with Gasteiger partial charge in [-0.15, -0.1) is 11.3 Å². The molecule has 1 saturated heterocycles. The summed E-state index contributed by atoms with van der Waals surface area (Å²) < 4.78 is 16.7. The van der Waals surface area contributed by atoms with E-state index in [4.69, 9.17) is 14.2 Å². The largest absolute Gasteiger partial charge is 0.493 e. The molecule has 1 aromatic carbocycles. The highest BCUT2D eigenvalue weighted by atomic mass is 32.1. The van der Waals surface area contributed by atoms with Crippen LogP contribution in [0, 0.1) is 6.92 Å². The van der Waals surface area contributed by atoms with Crippen LogP contribution in [0.4, 0.5) is 0 Å². The Kier molecular flexibility index (Phi) is 6.34. The van der Waals surface area contributed by atoms with E-state index in [2.05, 4.69) is 35.4 Å². The fourth-order valence-corrected chi connectivity index (χ4v) is 4.22. The molecule has 0 unspecified atom stereocenters. The first-order chi connectivity index (χ1) is 12.2. The van der Waals surface area contributed by atoms with Gasteiger partial charge in [0, 0.05) is 31.1 Å². The molecule has 25 heavy (non-hydrogen) atoms. The third-order valence-electron chi connectivity index (χ3n) is 4.68. The van der Waals surface area contributed by atoms with E-state index >= 15 is 0 Å². The van der Waals surface area contributed by atoms with Crippen LogP contribution in [0.3, 0.4) is 0 Å². The zero-order valence-electron chi connectivity index (χ0n) is 15.3. The molecule has 0 bridgehead atoms. The number of benzene rings is 1. The van der Waals surface area contributed by atoms with Gasteiger partial charge < -0.3 is 14.2 Å². The monoisotopic (exact) mass is 361 g/mol. The summed E-state index contributed by atoms with van der Waals surface area (Å²) >= 11 is 1.83. The molecule has 2 aromatic rings. The van der Waals surface area contributed by atoms with Gasteiger partial charge in [-0.2, -0.15) is 0 Å². The van der Waals surface area contributed by atoms with Crippen molar-refractivity contribution in [2.24, 2.45) is 0 Å². The minimum atomic E-state index is 0.348. The molecule has 1 atom stereocenters. The summed E-state index contributed by atoms with van der Waals surface area (Å²) in [5, 5.41) is 2.17. The van der Waals surface area contributed by atoms with Crippen LogP contribution in [-0.4, -0.2) is 38.4 Å². The molecule has 5 heteroatoms. The smallest absolute Gasteiger partial charge is 0.161 e. The Morgan fingerprint density at radius 1 is 1.16 bits per heavy atom. The van der Waals surface area contributed by atoms with E-state index in [1.54, 1.807) is 14.2 Å². The Morgan fingerprint density at radius 2 is 2.00 bits per heavy atom. The van der Waals surface area contributed by atoms with E-state index in [0.717, 1.165) is 44.2 Å². The van der Waals surface area contributed by atoms with Gasteiger partial charge in [0.2, 0.25) is 0 Å². The number of aryl methyl sites for hydroxylation is 1. The SMILES string of the molecule is COc1ccc(CN(Cc2sccc2C)C[C@@H]2CCCO2)cc1OC. The highest BCUT2D eigenvalue weighted by Gasteiger charge is 2.20. The van der Waals surface area contributed by atoms with Gasteiger partial charge in [0.25, 0.3) is 0 Å². The van der Waals surface area contributed by atoms with Crippen molar-refractivity contribution in [3.63, 3.8) is 0 Å². The van der Waals surface area contributed by atoms with E-state index in [-0.39, 0.29) is 0 Å². The summed E-state index contributed by atoms with van der Waals surface area (Å²) in [5.41, 5.74) is 2.60. The van der Waals surface area contributed by atoms with E-state index in [1.807, 2.05) is 17.4 Å². The Labute approximate surface area is 154 Å². The zero-order valence-corrected chi connectivity index (χ0v) is 16.1. The van der Waals surface area contributed by atoms with E-state index in [1.165, 1.54) is 22.4 Å². The topological polar surface area (TPSA) is 30.9 Å². The normalized spacial score (nSPS) is 17.2. The van der Waals surface area contributed by atoms with Gasteiger partial charge >= 0.3 is 0 Å². The molecule has 136 valence electrons. The molecule has 1 aromatic heterocycles. The van der Waals surface area contributed by atoms with E-state index < -0.39 is 0 Å². The highest BCUT2D eigenvalue weighted by Crippen LogP contribution is 2.29. The van der Waals surface area contributed by atoms with Crippen molar-refractivity contribution in [3.8, 4) is 11.5 Å². The van der Waals surface area contributed by atoms with Gasteiger partial charge in [-0.05, 0) is 54.5 Å². The molecule has 0 aliphatic carbocycles. The van der Waals surface area contributed by atoms with Crippen molar-refractivity contribution in [1.29, 1.82) is 0 Å². The van der Waals surface area contributed by atoms with Crippen LogP contribution in [0.2, 0.25) is 0 Å². The fourth-order valence-electron chi connectivity index (χ4n) is 3.27. The lowest BCUT2D eigenvalue weighted by Crippen LogP contribution is -2.31. The molecule has 1 aliphatic rings. The first-order valence-electron chi connectivity index (χ1n) is 8.77. The van der Waals surface area contributed by atoms with Gasteiger partial charge in [-0.25, -0.2) is 0 Å². The Hall–Kier alpha value is -1.56. The molecular formula is C20H27NO3S. The lowest BCUT2D eigenvalue weighted by molar-refractivity contribution is 0.0682. The second-order valence-electron chi connectivity index (χ2n) is 6.52. The zero-order chi connectivity index (χ0) is 17.6. The number of methoxy groups -OCH3 is 2. The maximum absolute atomic E-state index is 5.87. The molecule has 1 fully saturated rings. The molecule has 1 aliphatic heterocycles. The second-order valence-corrected chi connectivity index (χ2v) is 7.52. The third kappa shape index (κ3) is 4.75. The van der Waals surface area contributed by atoms with Gasteiger partial charge in [-0.3, -0.25) is 4.90 Å². The maximum atomic E-state index is 5.87. The summed E-state index contributed by atoms with van der Waals surface area (Å²) in [5.74, 6) is 1.55. The average Bonchev–Trinajstić information content (AvgIpc) is 3.27. The molecule has 0 amide bonds. The third-order valence-corrected chi connectivity index (χ3v) is 5.68. The highest BCUT2D eigenvalue weighted by molar-refractivity contribution is 7.10. The molecule has 3 rings (SSSR count). The molecular weight excluding hydrogens is 334 g/mol. The minimum Gasteiger partial charge on any atom is -0.493 e. The van der Waals surface area contributed by atoms with Gasteiger partial charge in [0.1, 0.15) is 0 Å². The first-order valence-corrected chi connectivity index (χ1v) is 9.65. The summed E-state index contributed by atoms with van der Waals surface area (Å²) in [6, 6.07) is 8.36. The second kappa shape index (κ2) is 8.70. The van der Waals surface area contributed by atoms with Crippen LogP contribution in [0.1, 0.15) is 28.8 Å². The molecule has 2 heterocycles. The predicted octanol–water partition coefficient (Wildman–Crippen LogP) is 4.25. The standard InChI is InChI=1S/C20H27NO3S/c1-15-8-10-25-20(15)14-21(13-17-5-4-9-24-17)12-16-6-7-18(22-2)19(11-16)23-3/h6-8,10-11,17H,4-5,9,12-14H2,1-3H3/t17-/m0/s1. The number of thiophene rings is 1. The van der Waals surface area contributed by atoms with Gasteiger partial charge in [-0.1, -0.05) is 6.07 Å². The molecule has 0 N–H and O–H groups in total. The van der Waals surface area contributed by atoms with Crippen LogP contribution in [0.25, 0.3) is 0 Å². The lowest BCUT2D eigenvalue weighted by atomic mass is 10.1. The maximum Gasteiger partial charge on any atom is 0.161 e. The van der Waals surface area contributed by atoms with Crippen LogP contribution in [-0.2, 0) is 17.8 Å². The van der Waals surface area contributed by atoms with Crippen LogP contribution in [0.15, 0.2) is 29.6 Å². The average molecular weight is 362 g/mol. The lowest BCUT2D eigenvalue weighted by Gasteiger charge is -2.25. The Bertz CT molecular complexity index is 679. The number of hydrogen-bond acceptors (Lipinski definition) is 5.